The molecular weight excluding hydrogens is 168 g/mol. The predicted octanol–water partition coefficient (Wildman–Crippen LogP) is 1.66. The van der Waals surface area contributed by atoms with Gasteiger partial charge in [0.15, 0.2) is 0 Å². The molecule has 0 amide bonds. The number of nitrogens with zero attached hydrogens (tertiary/aromatic N) is 2. The van der Waals surface area contributed by atoms with Gasteiger partial charge in [0.25, 0.3) is 0 Å². The minimum atomic E-state index is -0.0951. The van der Waals surface area contributed by atoms with Crippen LogP contribution in [0.3, 0.4) is 0 Å². The normalized spacial score (nSPS) is 11.5. The van der Waals surface area contributed by atoms with Crippen molar-refractivity contribution in [2.24, 2.45) is 0 Å². The van der Waals surface area contributed by atoms with Gasteiger partial charge >= 0.3 is 0 Å². The molecule has 0 aliphatic heterocycles. The third-order valence-electron chi connectivity index (χ3n) is 1.71. The maximum absolute atomic E-state index is 5.17. The monoisotopic (exact) mass is 184 g/mol. The van der Waals surface area contributed by atoms with Crippen LogP contribution in [-0.4, -0.2) is 24.0 Å². The minimum Gasteiger partial charge on any atom is -0.481 e. The summed E-state index contributed by atoms with van der Waals surface area (Å²) in [4.78, 5) is 0. The van der Waals surface area contributed by atoms with Gasteiger partial charge in [-0.15, -0.1) is 5.10 Å². The summed E-state index contributed by atoms with van der Waals surface area (Å²) < 4.78 is 12.0. The van der Waals surface area contributed by atoms with Crippen molar-refractivity contribution < 1.29 is 9.47 Å². The minimum absolute atomic E-state index is 0.0951. The van der Waals surface area contributed by atoms with Gasteiger partial charge in [0.2, 0.25) is 11.8 Å². The summed E-state index contributed by atoms with van der Waals surface area (Å²) in [6.07, 6.45) is 0. The summed E-state index contributed by atoms with van der Waals surface area (Å²) in [5.41, 5.74) is -0.0951. The molecule has 0 bridgehead atoms. The molecule has 0 aliphatic carbocycles. The summed E-state index contributed by atoms with van der Waals surface area (Å²) in [6, 6.07) is 1.77. The van der Waals surface area contributed by atoms with E-state index in [0.717, 1.165) is 0 Å². The second-order valence-electron chi connectivity index (χ2n) is 3.81. The van der Waals surface area contributed by atoms with Gasteiger partial charge in [0, 0.05) is 0 Å². The maximum Gasteiger partial charge on any atom is 0.236 e. The fraction of sp³-hybridized carbons (Fsp3) is 0.667. The predicted molar refractivity (Wildman–Crippen MR) is 50.3 cm³/mol. The molecule has 1 aromatic rings. The van der Waals surface area contributed by atoms with Crippen LogP contribution >= 0.6 is 0 Å². The molecule has 74 valence electrons. The fourth-order valence-electron chi connectivity index (χ4n) is 1.07. The standard InChI is InChI=1S/C9H16N2O2/c1-9(2,3)11-8(13-5)6-7(10-11)12-4/h6H,1-5H3. The van der Waals surface area contributed by atoms with Crippen LogP contribution < -0.4 is 9.47 Å². The molecule has 1 rings (SSSR count). The van der Waals surface area contributed by atoms with Gasteiger partial charge in [-0.25, -0.2) is 4.68 Å². The van der Waals surface area contributed by atoms with E-state index in [1.54, 1.807) is 25.0 Å². The smallest absolute Gasteiger partial charge is 0.236 e. The van der Waals surface area contributed by atoms with Gasteiger partial charge in [-0.2, -0.15) is 0 Å². The number of ether oxygens (including phenoxy) is 2. The SMILES string of the molecule is COc1cc(OC)n(C(C)(C)C)n1. The molecule has 4 heteroatoms. The van der Waals surface area contributed by atoms with Gasteiger partial charge in [0.05, 0.1) is 25.8 Å². The topological polar surface area (TPSA) is 36.3 Å². The Morgan fingerprint density at radius 1 is 1.23 bits per heavy atom. The van der Waals surface area contributed by atoms with E-state index in [1.807, 2.05) is 0 Å². The molecule has 0 N–H and O–H groups in total. The van der Waals surface area contributed by atoms with Crippen LogP contribution in [0.25, 0.3) is 0 Å². The van der Waals surface area contributed by atoms with E-state index >= 15 is 0 Å². The summed E-state index contributed by atoms with van der Waals surface area (Å²) >= 11 is 0. The van der Waals surface area contributed by atoms with Crippen LogP contribution in [0.1, 0.15) is 20.8 Å². The van der Waals surface area contributed by atoms with Crippen molar-refractivity contribution in [2.45, 2.75) is 26.3 Å². The van der Waals surface area contributed by atoms with Crippen molar-refractivity contribution in [2.75, 3.05) is 14.2 Å². The van der Waals surface area contributed by atoms with E-state index in [9.17, 15) is 0 Å². The summed E-state index contributed by atoms with van der Waals surface area (Å²) in [7, 11) is 3.22. The largest absolute Gasteiger partial charge is 0.481 e. The zero-order chi connectivity index (χ0) is 10.1. The highest BCUT2D eigenvalue weighted by molar-refractivity contribution is 5.22. The molecule has 0 atom stereocenters. The molecule has 0 radical (unpaired) electrons. The Balaban J connectivity index is 3.11. The first-order valence-electron chi connectivity index (χ1n) is 4.17. The highest BCUT2D eigenvalue weighted by atomic mass is 16.5. The number of methoxy groups -OCH3 is 2. The Morgan fingerprint density at radius 3 is 2.15 bits per heavy atom. The molecule has 0 saturated carbocycles. The lowest BCUT2D eigenvalue weighted by atomic mass is 10.1. The van der Waals surface area contributed by atoms with Crippen molar-refractivity contribution in [1.29, 1.82) is 0 Å². The van der Waals surface area contributed by atoms with Crippen molar-refractivity contribution in [1.82, 2.24) is 9.78 Å². The Labute approximate surface area is 78.5 Å². The van der Waals surface area contributed by atoms with Crippen molar-refractivity contribution in [3.05, 3.63) is 6.07 Å². The van der Waals surface area contributed by atoms with Crippen molar-refractivity contribution >= 4 is 0 Å². The summed E-state index contributed by atoms with van der Waals surface area (Å²) in [5, 5.41) is 4.24. The first kappa shape index (κ1) is 9.89. The first-order valence-corrected chi connectivity index (χ1v) is 4.17. The Bertz CT molecular complexity index is 286. The summed E-state index contributed by atoms with van der Waals surface area (Å²) in [5.74, 6) is 1.29. The Hall–Kier alpha value is -1.19. The molecule has 0 aliphatic rings. The molecule has 0 saturated heterocycles. The molecular formula is C9H16N2O2. The van der Waals surface area contributed by atoms with Crippen LogP contribution in [0.5, 0.6) is 11.8 Å². The first-order chi connectivity index (χ1) is 5.99. The lowest BCUT2D eigenvalue weighted by Crippen LogP contribution is -2.23. The zero-order valence-electron chi connectivity index (χ0n) is 8.79. The highest BCUT2D eigenvalue weighted by Gasteiger charge is 2.20. The molecule has 4 nitrogen and oxygen atoms in total. The maximum atomic E-state index is 5.17. The number of rotatable bonds is 2. The third kappa shape index (κ3) is 1.94. The molecule has 0 fully saturated rings. The summed E-state index contributed by atoms with van der Waals surface area (Å²) in [6.45, 7) is 6.17. The fourth-order valence-corrected chi connectivity index (χ4v) is 1.07. The van der Waals surface area contributed by atoms with Gasteiger partial charge < -0.3 is 9.47 Å². The van der Waals surface area contributed by atoms with Gasteiger partial charge in [-0.05, 0) is 20.8 Å². The Morgan fingerprint density at radius 2 is 1.85 bits per heavy atom. The molecule has 1 heterocycles. The van der Waals surface area contributed by atoms with E-state index in [-0.39, 0.29) is 5.54 Å². The van der Waals surface area contributed by atoms with Crippen LogP contribution in [0.2, 0.25) is 0 Å². The molecule has 1 aromatic heterocycles. The van der Waals surface area contributed by atoms with E-state index in [2.05, 4.69) is 25.9 Å². The van der Waals surface area contributed by atoms with Crippen LogP contribution in [0.4, 0.5) is 0 Å². The van der Waals surface area contributed by atoms with Crippen molar-refractivity contribution in [3.8, 4) is 11.8 Å². The van der Waals surface area contributed by atoms with Crippen LogP contribution in [0.15, 0.2) is 6.07 Å². The zero-order valence-corrected chi connectivity index (χ0v) is 8.79. The molecule has 0 aromatic carbocycles. The number of hydrogen-bond donors (Lipinski definition) is 0. The second kappa shape index (κ2) is 3.28. The second-order valence-corrected chi connectivity index (χ2v) is 3.81. The number of aromatic nitrogens is 2. The number of hydrogen-bond acceptors (Lipinski definition) is 3. The average molecular weight is 184 g/mol. The Kier molecular flexibility index (Phi) is 2.50. The van der Waals surface area contributed by atoms with Crippen molar-refractivity contribution in [3.63, 3.8) is 0 Å². The van der Waals surface area contributed by atoms with Gasteiger partial charge in [-0.3, -0.25) is 0 Å². The third-order valence-corrected chi connectivity index (χ3v) is 1.71. The van der Waals surface area contributed by atoms with Crippen LogP contribution in [-0.2, 0) is 5.54 Å². The van der Waals surface area contributed by atoms with Gasteiger partial charge in [-0.1, -0.05) is 0 Å². The van der Waals surface area contributed by atoms with E-state index in [4.69, 9.17) is 9.47 Å². The van der Waals surface area contributed by atoms with Gasteiger partial charge in [0.1, 0.15) is 0 Å². The lowest BCUT2D eigenvalue weighted by molar-refractivity contribution is 0.276. The van der Waals surface area contributed by atoms with E-state index in [0.29, 0.717) is 11.8 Å². The average Bonchev–Trinajstić information content (AvgIpc) is 2.46. The lowest BCUT2D eigenvalue weighted by Gasteiger charge is -2.20. The molecule has 13 heavy (non-hydrogen) atoms. The van der Waals surface area contributed by atoms with E-state index in [1.165, 1.54) is 0 Å². The van der Waals surface area contributed by atoms with E-state index < -0.39 is 0 Å². The highest BCUT2D eigenvalue weighted by Crippen LogP contribution is 2.25. The molecule has 0 spiro atoms. The van der Waals surface area contributed by atoms with Crippen LogP contribution in [0, 0.1) is 0 Å². The quantitative estimate of drug-likeness (QED) is 0.701. The molecule has 0 unspecified atom stereocenters.